The Bertz CT molecular complexity index is 1150. The Balaban J connectivity index is 1.41. The van der Waals surface area contributed by atoms with E-state index in [0.717, 1.165) is 36.2 Å². The topological polar surface area (TPSA) is 71.3 Å². The predicted molar refractivity (Wildman–Crippen MR) is 132 cm³/mol. The Kier molecular flexibility index (Phi) is 7.37. The first-order valence-electron chi connectivity index (χ1n) is 11.2. The smallest absolute Gasteiger partial charge is 0.241 e. The summed E-state index contributed by atoms with van der Waals surface area (Å²) in [5.74, 6) is 1.24. The normalized spacial score (nSPS) is 16.8. The van der Waals surface area contributed by atoms with Crippen molar-refractivity contribution < 1.29 is 9.32 Å². The standard InChI is InChI=1S/C25H28Cl2N4O2/c1-15(2)19-8-4-6-16(3)23(19)29-25(32)17-7-5-11-31(13-17)14-22-28-24(30-33-22)20-10-9-18(26)12-21(20)27/h4,6,8-10,12,15,17H,5,7,11,13-14H2,1-3H3,(H,29,32). The summed E-state index contributed by atoms with van der Waals surface area (Å²) >= 11 is 12.2. The zero-order valence-electron chi connectivity index (χ0n) is 19.1. The van der Waals surface area contributed by atoms with Crippen molar-refractivity contribution in [1.29, 1.82) is 0 Å². The highest BCUT2D eigenvalue weighted by Gasteiger charge is 2.28. The Morgan fingerprint density at radius 1 is 1.27 bits per heavy atom. The van der Waals surface area contributed by atoms with Gasteiger partial charge in [0.25, 0.3) is 0 Å². The summed E-state index contributed by atoms with van der Waals surface area (Å²) in [6.07, 6.45) is 1.80. The van der Waals surface area contributed by atoms with Crippen molar-refractivity contribution in [2.24, 2.45) is 5.92 Å². The average Bonchev–Trinajstić information content (AvgIpc) is 3.23. The molecule has 1 aliphatic rings. The number of para-hydroxylation sites is 1. The molecular formula is C25H28Cl2N4O2. The first-order chi connectivity index (χ1) is 15.8. The quantitative estimate of drug-likeness (QED) is 0.440. The fourth-order valence-corrected chi connectivity index (χ4v) is 4.76. The molecule has 0 spiro atoms. The summed E-state index contributed by atoms with van der Waals surface area (Å²) < 4.78 is 5.46. The SMILES string of the molecule is Cc1cccc(C(C)C)c1NC(=O)C1CCCN(Cc2nc(-c3ccc(Cl)cc3Cl)no2)C1. The molecule has 174 valence electrons. The van der Waals surface area contributed by atoms with Crippen molar-refractivity contribution in [3.63, 3.8) is 0 Å². The lowest BCUT2D eigenvalue weighted by atomic mass is 9.95. The maximum atomic E-state index is 13.1. The Labute approximate surface area is 204 Å². The second kappa shape index (κ2) is 10.2. The van der Waals surface area contributed by atoms with E-state index in [9.17, 15) is 4.79 Å². The van der Waals surface area contributed by atoms with Crippen LogP contribution in [-0.4, -0.2) is 34.0 Å². The van der Waals surface area contributed by atoms with Crippen molar-refractivity contribution >= 4 is 34.8 Å². The summed E-state index contributed by atoms with van der Waals surface area (Å²) in [6, 6.07) is 11.3. The Morgan fingerprint density at radius 3 is 2.85 bits per heavy atom. The van der Waals surface area contributed by atoms with E-state index in [2.05, 4.69) is 40.3 Å². The third kappa shape index (κ3) is 5.57. The number of aromatic nitrogens is 2. The minimum Gasteiger partial charge on any atom is -0.338 e. The van der Waals surface area contributed by atoms with Gasteiger partial charge in [-0.1, -0.05) is 60.4 Å². The van der Waals surface area contributed by atoms with Gasteiger partial charge in [-0.05, 0) is 61.6 Å². The lowest BCUT2D eigenvalue weighted by Gasteiger charge is -2.31. The highest BCUT2D eigenvalue weighted by atomic mass is 35.5. The molecule has 1 amide bonds. The van der Waals surface area contributed by atoms with Crippen LogP contribution >= 0.6 is 23.2 Å². The maximum absolute atomic E-state index is 13.1. The van der Waals surface area contributed by atoms with Gasteiger partial charge >= 0.3 is 0 Å². The van der Waals surface area contributed by atoms with E-state index < -0.39 is 0 Å². The van der Waals surface area contributed by atoms with Crippen molar-refractivity contribution in [1.82, 2.24) is 15.0 Å². The number of hydrogen-bond donors (Lipinski definition) is 1. The molecule has 6 nitrogen and oxygen atoms in total. The van der Waals surface area contributed by atoms with E-state index in [1.165, 1.54) is 0 Å². The minimum atomic E-state index is -0.0912. The highest BCUT2D eigenvalue weighted by Crippen LogP contribution is 2.30. The number of benzene rings is 2. The Morgan fingerprint density at radius 2 is 2.09 bits per heavy atom. The molecule has 0 saturated carbocycles. The largest absolute Gasteiger partial charge is 0.338 e. The Hall–Kier alpha value is -2.41. The molecule has 0 bridgehead atoms. The average molecular weight is 487 g/mol. The zero-order valence-corrected chi connectivity index (χ0v) is 20.6. The molecule has 2 aromatic carbocycles. The number of hydrogen-bond acceptors (Lipinski definition) is 5. The summed E-state index contributed by atoms with van der Waals surface area (Å²) in [7, 11) is 0. The molecule has 0 radical (unpaired) electrons. The lowest BCUT2D eigenvalue weighted by molar-refractivity contribution is -0.121. The van der Waals surface area contributed by atoms with Crippen LogP contribution in [-0.2, 0) is 11.3 Å². The lowest BCUT2D eigenvalue weighted by Crippen LogP contribution is -2.40. The van der Waals surface area contributed by atoms with Gasteiger partial charge in [-0.3, -0.25) is 9.69 Å². The van der Waals surface area contributed by atoms with E-state index in [1.54, 1.807) is 18.2 Å². The molecule has 1 aromatic heterocycles. The molecule has 1 aliphatic heterocycles. The van der Waals surface area contributed by atoms with Crippen LogP contribution in [0.15, 0.2) is 40.9 Å². The van der Waals surface area contributed by atoms with Crippen molar-refractivity contribution in [2.45, 2.75) is 46.1 Å². The fourth-order valence-electron chi connectivity index (χ4n) is 4.27. The van der Waals surface area contributed by atoms with Crippen LogP contribution in [0.4, 0.5) is 5.69 Å². The molecule has 1 saturated heterocycles. The molecule has 33 heavy (non-hydrogen) atoms. The molecular weight excluding hydrogens is 459 g/mol. The van der Waals surface area contributed by atoms with Gasteiger partial charge in [0, 0.05) is 22.8 Å². The molecule has 1 unspecified atom stereocenters. The zero-order chi connectivity index (χ0) is 23.5. The van der Waals surface area contributed by atoms with Gasteiger partial charge < -0.3 is 9.84 Å². The van der Waals surface area contributed by atoms with Gasteiger partial charge in [-0.2, -0.15) is 4.98 Å². The number of aryl methyl sites for hydroxylation is 1. The number of anilines is 1. The van der Waals surface area contributed by atoms with Gasteiger partial charge in [-0.15, -0.1) is 0 Å². The van der Waals surface area contributed by atoms with E-state index in [0.29, 0.717) is 46.3 Å². The summed E-state index contributed by atoms with van der Waals surface area (Å²) in [5, 5.41) is 8.30. The molecule has 4 rings (SSSR count). The molecule has 8 heteroatoms. The summed E-state index contributed by atoms with van der Waals surface area (Å²) in [5.41, 5.74) is 3.86. The molecule has 1 N–H and O–H groups in total. The van der Waals surface area contributed by atoms with E-state index in [4.69, 9.17) is 27.7 Å². The van der Waals surface area contributed by atoms with Crippen LogP contribution in [0, 0.1) is 12.8 Å². The predicted octanol–water partition coefficient (Wildman–Crippen LogP) is 6.33. The number of nitrogens with one attached hydrogen (secondary N) is 1. The van der Waals surface area contributed by atoms with Crippen LogP contribution in [0.3, 0.4) is 0 Å². The van der Waals surface area contributed by atoms with E-state index in [1.807, 2.05) is 19.1 Å². The fraction of sp³-hybridized carbons (Fsp3) is 0.400. The second-order valence-corrected chi connectivity index (χ2v) is 9.74. The van der Waals surface area contributed by atoms with Crippen molar-refractivity contribution in [3.8, 4) is 11.4 Å². The van der Waals surface area contributed by atoms with E-state index in [-0.39, 0.29) is 11.8 Å². The molecule has 1 fully saturated rings. The highest BCUT2D eigenvalue weighted by molar-refractivity contribution is 6.36. The van der Waals surface area contributed by atoms with Gasteiger partial charge in [0.2, 0.25) is 17.6 Å². The number of nitrogens with zero attached hydrogens (tertiary/aromatic N) is 3. The van der Waals surface area contributed by atoms with E-state index >= 15 is 0 Å². The number of carbonyl (C=O) groups is 1. The number of carbonyl (C=O) groups excluding carboxylic acids is 1. The number of likely N-dealkylation sites (tertiary alicyclic amines) is 1. The molecule has 1 atom stereocenters. The molecule has 0 aliphatic carbocycles. The monoisotopic (exact) mass is 486 g/mol. The summed E-state index contributed by atoms with van der Waals surface area (Å²) in [4.78, 5) is 19.8. The molecule has 3 aromatic rings. The third-order valence-electron chi connectivity index (χ3n) is 6.05. The number of rotatable bonds is 6. The van der Waals surface area contributed by atoms with Gasteiger partial charge in [-0.25, -0.2) is 0 Å². The van der Waals surface area contributed by atoms with Crippen LogP contribution in [0.25, 0.3) is 11.4 Å². The van der Waals surface area contributed by atoms with Gasteiger partial charge in [0.15, 0.2) is 0 Å². The van der Waals surface area contributed by atoms with Crippen LogP contribution in [0.5, 0.6) is 0 Å². The first kappa shape index (κ1) is 23.7. The second-order valence-electron chi connectivity index (χ2n) is 8.89. The van der Waals surface area contributed by atoms with Crippen molar-refractivity contribution in [3.05, 3.63) is 63.5 Å². The van der Waals surface area contributed by atoms with Crippen LogP contribution in [0.1, 0.15) is 49.6 Å². The minimum absolute atomic E-state index is 0.0649. The number of piperidine rings is 1. The van der Waals surface area contributed by atoms with Gasteiger partial charge in [0.1, 0.15) is 0 Å². The van der Waals surface area contributed by atoms with Crippen LogP contribution in [0.2, 0.25) is 10.0 Å². The third-order valence-corrected chi connectivity index (χ3v) is 6.60. The van der Waals surface area contributed by atoms with Crippen LogP contribution < -0.4 is 5.32 Å². The number of amides is 1. The maximum Gasteiger partial charge on any atom is 0.241 e. The number of halogens is 2. The first-order valence-corrected chi connectivity index (χ1v) is 12.0. The van der Waals surface area contributed by atoms with Crippen molar-refractivity contribution in [2.75, 3.05) is 18.4 Å². The molecule has 2 heterocycles. The summed E-state index contributed by atoms with van der Waals surface area (Å²) in [6.45, 7) is 8.34. The van der Waals surface area contributed by atoms with Gasteiger partial charge in [0.05, 0.1) is 17.5 Å².